The summed E-state index contributed by atoms with van der Waals surface area (Å²) >= 11 is 0. The molecule has 0 bridgehead atoms. The molecular formula is C37H38FN3O3. The van der Waals surface area contributed by atoms with Crippen LogP contribution in [0.4, 0.5) is 10.1 Å². The minimum Gasteiger partial charge on any atom is -0.352 e. The Morgan fingerprint density at radius 2 is 1.59 bits per heavy atom. The van der Waals surface area contributed by atoms with Gasteiger partial charge in [-0.1, -0.05) is 86.0 Å². The zero-order valence-corrected chi connectivity index (χ0v) is 24.9. The molecule has 4 aromatic carbocycles. The first-order valence-electron chi connectivity index (χ1n) is 15.7. The Morgan fingerprint density at radius 3 is 2.34 bits per heavy atom. The quantitative estimate of drug-likeness (QED) is 0.208. The molecule has 6 nitrogen and oxygen atoms in total. The van der Waals surface area contributed by atoms with E-state index in [1.807, 2.05) is 66.7 Å². The van der Waals surface area contributed by atoms with Gasteiger partial charge < -0.3 is 15.1 Å². The molecule has 1 saturated carbocycles. The van der Waals surface area contributed by atoms with Crippen LogP contribution in [0.1, 0.15) is 66.4 Å². The fourth-order valence-corrected chi connectivity index (χ4v) is 6.62. The van der Waals surface area contributed by atoms with Crippen LogP contribution in [0.25, 0.3) is 10.8 Å². The van der Waals surface area contributed by atoms with Gasteiger partial charge in [0.15, 0.2) is 0 Å². The van der Waals surface area contributed by atoms with Crippen molar-refractivity contribution >= 4 is 34.2 Å². The summed E-state index contributed by atoms with van der Waals surface area (Å²) in [6.45, 7) is 0.572. The van der Waals surface area contributed by atoms with E-state index in [4.69, 9.17) is 0 Å². The van der Waals surface area contributed by atoms with Crippen molar-refractivity contribution in [2.75, 3.05) is 11.4 Å². The lowest BCUT2D eigenvalue weighted by molar-refractivity contribution is -0.141. The van der Waals surface area contributed by atoms with Crippen LogP contribution in [0.15, 0.2) is 91.0 Å². The Labute approximate surface area is 257 Å². The Kier molecular flexibility index (Phi) is 9.01. The molecule has 1 heterocycles. The van der Waals surface area contributed by atoms with Crippen LogP contribution >= 0.6 is 0 Å². The van der Waals surface area contributed by atoms with Crippen molar-refractivity contribution in [1.29, 1.82) is 0 Å². The molecule has 2 aliphatic rings. The second-order valence-electron chi connectivity index (χ2n) is 11.9. The van der Waals surface area contributed by atoms with Crippen LogP contribution in [0, 0.1) is 5.82 Å². The van der Waals surface area contributed by atoms with Gasteiger partial charge in [-0.15, -0.1) is 0 Å². The van der Waals surface area contributed by atoms with E-state index in [9.17, 15) is 18.8 Å². The molecule has 4 aromatic rings. The van der Waals surface area contributed by atoms with E-state index < -0.39 is 6.04 Å². The van der Waals surface area contributed by atoms with Crippen molar-refractivity contribution in [3.8, 4) is 0 Å². The third kappa shape index (κ3) is 6.52. The Hall–Kier alpha value is -4.52. The van der Waals surface area contributed by atoms with Gasteiger partial charge in [-0.2, -0.15) is 0 Å². The fraction of sp³-hybridized carbons (Fsp3) is 0.324. The van der Waals surface area contributed by atoms with E-state index in [0.29, 0.717) is 24.9 Å². The molecule has 1 unspecified atom stereocenters. The summed E-state index contributed by atoms with van der Waals surface area (Å²) in [7, 11) is 0. The number of carbonyl (C=O) groups is 3. The summed E-state index contributed by atoms with van der Waals surface area (Å²) in [6.07, 6.45) is 6.20. The molecule has 1 atom stereocenters. The van der Waals surface area contributed by atoms with E-state index in [2.05, 4.69) is 5.32 Å². The maximum Gasteiger partial charge on any atom is 0.258 e. The highest BCUT2D eigenvalue weighted by Crippen LogP contribution is 2.37. The summed E-state index contributed by atoms with van der Waals surface area (Å²) in [5.74, 6) is -0.737. The van der Waals surface area contributed by atoms with Crippen molar-refractivity contribution in [2.45, 2.75) is 70.0 Å². The van der Waals surface area contributed by atoms with E-state index in [-0.39, 0.29) is 42.5 Å². The molecular weight excluding hydrogens is 553 g/mol. The van der Waals surface area contributed by atoms with Gasteiger partial charge in [0, 0.05) is 42.9 Å². The molecule has 1 fully saturated rings. The molecule has 1 aliphatic carbocycles. The Morgan fingerprint density at radius 1 is 0.864 bits per heavy atom. The normalized spacial score (nSPS) is 15.4. The van der Waals surface area contributed by atoms with Gasteiger partial charge in [0.25, 0.3) is 5.91 Å². The summed E-state index contributed by atoms with van der Waals surface area (Å²) in [6, 6.07) is 26.8. The van der Waals surface area contributed by atoms with E-state index in [0.717, 1.165) is 53.3 Å². The number of carbonyl (C=O) groups excluding carboxylic acids is 3. The SMILES string of the molecule is O=C(NC1CCCCC1)C(Cc1ccccc1)N(Cc1ccc(F)cc1)C(=O)CCCN1C(=O)c2cccc3cccc1c23. The monoisotopic (exact) mass is 591 g/mol. The summed E-state index contributed by atoms with van der Waals surface area (Å²) < 4.78 is 13.8. The van der Waals surface area contributed by atoms with E-state index in [1.165, 1.54) is 18.6 Å². The zero-order chi connectivity index (χ0) is 30.5. The molecule has 44 heavy (non-hydrogen) atoms. The second kappa shape index (κ2) is 13.4. The number of rotatable bonds is 11. The smallest absolute Gasteiger partial charge is 0.258 e. The van der Waals surface area contributed by atoms with Crippen LogP contribution in [0.5, 0.6) is 0 Å². The highest BCUT2D eigenvalue weighted by atomic mass is 19.1. The molecule has 0 spiro atoms. The molecule has 1 N–H and O–H groups in total. The van der Waals surface area contributed by atoms with Crippen molar-refractivity contribution in [3.63, 3.8) is 0 Å². The standard InChI is InChI=1S/C37H38FN3O3/c38-29-21-19-27(20-22-29)25-41(33(24-26-10-3-1-4-11-26)36(43)39-30-14-5-2-6-15-30)34(42)18-9-23-40-32-17-8-13-28-12-7-16-31(35(28)32)37(40)44/h1,3-4,7-8,10-13,16-17,19-22,30,33H,2,5-6,9,14-15,18,23-25H2,(H,39,43). The van der Waals surface area contributed by atoms with Gasteiger partial charge in [0.1, 0.15) is 11.9 Å². The predicted octanol–water partition coefficient (Wildman–Crippen LogP) is 6.81. The van der Waals surface area contributed by atoms with Gasteiger partial charge in [-0.05, 0) is 60.0 Å². The van der Waals surface area contributed by atoms with E-state index >= 15 is 0 Å². The topological polar surface area (TPSA) is 69.7 Å². The van der Waals surface area contributed by atoms with Crippen LogP contribution in [0.2, 0.25) is 0 Å². The van der Waals surface area contributed by atoms with Crippen molar-refractivity contribution < 1.29 is 18.8 Å². The fourth-order valence-electron chi connectivity index (χ4n) is 6.62. The molecule has 0 radical (unpaired) electrons. The van der Waals surface area contributed by atoms with Crippen molar-refractivity contribution in [2.24, 2.45) is 0 Å². The van der Waals surface area contributed by atoms with E-state index in [1.54, 1.807) is 21.9 Å². The third-order valence-corrected chi connectivity index (χ3v) is 8.91. The largest absolute Gasteiger partial charge is 0.352 e. The molecule has 0 aromatic heterocycles. The summed E-state index contributed by atoms with van der Waals surface area (Å²) in [4.78, 5) is 44.7. The van der Waals surface area contributed by atoms with Gasteiger partial charge >= 0.3 is 0 Å². The predicted molar refractivity (Wildman–Crippen MR) is 171 cm³/mol. The van der Waals surface area contributed by atoms with Crippen LogP contribution in [-0.2, 0) is 22.6 Å². The zero-order valence-electron chi connectivity index (χ0n) is 24.9. The number of halogens is 1. The first-order valence-corrected chi connectivity index (χ1v) is 15.7. The van der Waals surface area contributed by atoms with Gasteiger partial charge in [0.05, 0.1) is 5.69 Å². The lowest BCUT2D eigenvalue weighted by Crippen LogP contribution is -2.52. The highest BCUT2D eigenvalue weighted by molar-refractivity contribution is 6.25. The van der Waals surface area contributed by atoms with Gasteiger partial charge in [0.2, 0.25) is 11.8 Å². The van der Waals surface area contributed by atoms with Crippen LogP contribution in [-0.4, -0.2) is 41.2 Å². The molecule has 0 saturated heterocycles. The third-order valence-electron chi connectivity index (χ3n) is 8.91. The highest BCUT2D eigenvalue weighted by Gasteiger charge is 2.33. The number of nitrogens with one attached hydrogen (secondary N) is 1. The maximum atomic E-state index is 14.1. The average molecular weight is 592 g/mol. The Balaban J connectivity index is 1.23. The molecule has 226 valence electrons. The molecule has 3 amide bonds. The maximum absolute atomic E-state index is 14.1. The number of hydrogen-bond donors (Lipinski definition) is 1. The number of amides is 3. The number of nitrogens with zero attached hydrogens (tertiary/aromatic N) is 2. The van der Waals surface area contributed by atoms with Gasteiger partial charge in [-0.25, -0.2) is 4.39 Å². The minimum absolute atomic E-state index is 0.0544. The number of hydrogen-bond acceptors (Lipinski definition) is 3. The minimum atomic E-state index is -0.733. The average Bonchev–Trinajstić information content (AvgIpc) is 3.32. The number of benzene rings is 4. The lowest BCUT2D eigenvalue weighted by Gasteiger charge is -2.33. The number of anilines is 1. The van der Waals surface area contributed by atoms with Crippen LogP contribution in [0.3, 0.4) is 0 Å². The van der Waals surface area contributed by atoms with Crippen LogP contribution < -0.4 is 10.2 Å². The summed E-state index contributed by atoms with van der Waals surface area (Å²) in [5, 5.41) is 5.22. The summed E-state index contributed by atoms with van der Waals surface area (Å²) in [5.41, 5.74) is 3.26. The molecule has 6 rings (SSSR count). The Bertz CT molecular complexity index is 1630. The van der Waals surface area contributed by atoms with Crippen molar-refractivity contribution in [1.82, 2.24) is 10.2 Å². The second-order valence-corrected chi connectivity index (χ2v) is 11.9. The van der Waals surface area contributed by atoms with Crippen molar-refractivity contribution in [3.05, 3.63) is 114 Å². The van der Waals surface area contributed by atoms with Gasteiger partial charge in [-0.3, -0.25) is 14.4 Å². The molecule has 1 aliphatic heterocycles. The first kappa shape index (κ1) is 29.5. The lowest BCUT2D eigenvalue weighted by atomic mass is 9.94. The molecule has 7 heteroatoms. The first-order chi connectivity index (χ1) is 21.5.